The van der Waals surface area contributed by atoms with Crippen LogP contribution in [0.2, 0.25) is 0 Å². The molecule has 1 N–H and O–H groups in total. The van der Waals surface area contributed by atoms with Crippen molar-refractivity contribution in [1.29, 1.82) is 0 Å². The van der Waals surface area contributed by atoms with Crippen LogP contribution in [0.4, 0.5) is 5.69 Å². The van der Waals surface area contributed by atoms with E-state index in [1.54, 1.807) is 4.90 Å². The molecule has 0 aliphatic heterocycles. The SMILES string of the molecule is C[C@H](Nc1ccc(I)cc1)C(=O)N(C)Cc1ccccc1. The van der Waals surface area contributed by atoms with E-state index in [4.69, 9.17) is 0 Å². The van der Waals surface area contributed by atoms with Gasteiger partial charge in [-0.15, -0.1) is 0 Å². The zero-order valence-corrected chi connectivity index (χ0v) is 14.4. The number of hydrogen-bond acceptors (Lipinski definition) is 2. The molecular weight excluding hydrogens is 375 g/mol. The second-order valence-electron chi connectivity index (χ2n) is 5.05. The number of anilines is 1. The molecule has 0 unspecified atom stereocenters. The van der Waals surface area contributed by atoms with E-state index >= 15 is 0 Å². The van der Waals surface area contributed by atoms with Crippen molar-refractivity contribution in [2.45, 2.75) is 19.5 Å². The van der Waals surface area contributed by atoms with Crippen molar-refractivity contribution in [3.05, 3.63) is 63.7 Å². The third-order valence-corrected chi connectivity index (χ3v) is 3.96. The minimum atomic E-state index is -0.251. The van der Waals surface area contributed by atoms with E-state index in [2.05, 4.69) is 27.9 Å². The first-order valence-corrected chi connectivity index (χ1v) is 7.95. The summed E-state index contributed by atoms with van der Waals surface area (Å²) < 4.78 is 1.18. The lowest BCUT2D eigenvalue weighted by molar-refractivity contribution is -0.130. The molecule has 0 saturated heterocycles. The number of benzene rings is 2. The molecule has 3 nitrogen and oxygen atoms in total. The quantitative estimate of drug-likeness (QED) is 0.784. The summed E-state index contributed by atoms with van der Waals surface area (Å²) in [7, 11) is 1.83. The summed E-state index contributed by atoms with van der Waals surface area (Å²) in [5.74, 6) is 0.0809. The fourth-order valence-electron chi connectivity index (χ4n) is 2.12. The minimum Gasteiger partial charge on any atom is -0.374 e. The van der Waals surface area contributed by atoms with Crippen molar-refractivity contribution < 1.29 is 4.79 Å². The van der Waals surface area contributed by atoms with Crippen LogP contribution in [0.5, 0.6) is 0 Å². The highest BCUT2D eigenvalue weighted by Gasteiger charge is 2.17. The maximum absolute atomic E-state index is 12.4. The molecule has 110 valence electrons. The molecule has 1 atom stereocenters. The molecule has 2 aromatic carbocycles. The highest BCUT2D eigenvalue weighted by atomic mass is 127. The Morgan fingerprint density at radius 2 is 1.76 bits per heavy atom. The van der Waals surface area contributed by atoms with Gasteiger partial charge in [0.1, 0.15) is 6.04 Å². The molecule has 0 bridgehead atoms. The number of nitrogens with zero attached hydrogens (tertiary/aromatic N) is 1. The summed E-state index contributed by atoms with van der Waals surface area (Å²) in [6.07, 6.45) is 0. The second-order valence-corrected chi connectivity index (χ2v) is 6.30. The summed E-state index contributed by atoms with van der Waals surface area (Å²) >= 11 is 2.26. The van der Waals surface area contributed by atoms with Gasteiger partial charge >= 0.3 is 0 Å². The van der Waals surface area contributed by atoms with Gasteiger partial charge in [0.25, 0.3) is 0 Å². The van der Waals surface area contributed by atoms with Crippen LogP contribution in [0.25, 0.3) is 0 Å². The van der Waals surface area contributed by atoms with E-state index < -0.39 is 0 Å². The molecule has 0 aromatic heterocycles. The fourth-order valence-corrected chi connectivity index (χ4v) is 2.48. The summed E-state index contributed by atoms with van der Waals surface area (Å²) in [5, 5.41) is 3.24. The van der Waals surface area contributed by atoms with E-state index in [9.17, 15) is 4.79 Å². The summed E-state index contributed by atoms with van der Waals surface area (Å²) in [4.78, 5) is 14.1. The van der Waals surface area contributed by atoms with Gasteiger partial charge in [0.2, 0.25) is 5.91 Å². The van der Waals surface area contributed by atoms with Gasteiger partial charge in [-0.25, -0.2) is 0 Å². The third kappa shape index (κ3) is 4.74. The number of carbonyl (C=O) groups is 1. The second kappa shape index (κ2) is 7.45. The van der Waals surface area contributed by atoms with Crippen molar-refractivity contribution >= 4 is 34.2 Å². The number of carbonyl (C=O) groups excluding carboxylic acids is 1. The molecule has 1 amide bonds. The van der Waals surface area contributed by atoms with E-state index in [0.29, 0.717) is 6.54 Å². The lowest BCUT2D eigenvalue weighted by Crippen LogP contribution is -2.38. The van der Waals surface area contributed by atoms with Gasteiger partial charge in [-0.3, -0.25) is 4.79 Å². The molecule has 0 heterocycles. The third-order valence-electron chi connectivity index (χ3n) is 3.24. The lowest BCUT2D eigenvalue weighted by atomic mass is 10.2. The smallest absolute Gasteiger partial charge is 0.244 e. The summed E-state index contributed by atoms with van der Waals surface area (Å²) in [5.41, 5.74) is 2.10. The number of halogens is 1. The Labute approximate surface area is 139 Å². The first-order chi connectivity index (χ1) is 10.1. The molecule has 0 spiro atoms. The normalized spacial score (nSPS) is 11.8. The Kier molecular flexibility index (Phi) is 5.61. The Balaban J connectivity index is 1.93. The van der Waals surface area contributed by atoms with Crippen molar-refractivity contribution in [1.82, 2.24) is 4.90 Å². The van der Waals surface area contributed by atoms with Crippen LogP contribution in [0.3, 0.4) is 0 Å². The van der Waals surface area contributed by atoms with Gasteiger partial charge in [0.05, 0.1) is 0 Å². The standard InChI is InChI=1S/C17H19IN2O/c1-13(19-16-10-8-15(18)9-11-16)17(21)20(2)12-14-6-4-3-5-7-14/h3-11,13,19H,12H2,1-2H3/t13-/m0/s1. The van der Waals surface area contributed by atoms with Crippen LogP contribution >= 0.6 is 22.6 Å². The van der Waals surface area contributed by atoms with Crippen molar-refractivity contribution in [3.63, 3.8) is 0 Å². The van der Waals surface area contributed by atoms with E-state index in [0.717, 1.165) is 11.3 Å². The van der Waals surface area contributed by atoms with Gasteiger partial charge in [-0.1, -0.05) is 30.3 Å². The predicted octanol–water partition coefficient (Wildman–Crippen LogP) is 3.75. The molecule has 2 aromatic rings. The van der Waals surface area contributed by atoms with E-state index in [-0.39, 0.29) is 11.9 Å². The zero-order valence-electron chi connectivity index (χ0n) is 12.2. The largest absolute Gasteiger partial charge is 0.374 e. The highest BCUT2D eigenvalue weighted by molar-refractivity contribution is 14.1. The van der Waals surface area contributed by atoms with Gasteiger partial charge in [-0.05, 0) is 59.3 Å². The monoisotopic (exact) mass is 394 g/mol. The number of likely N-dealkylation sites (N-methyl/N-ethyl adjacent to an activating group) is 1. The van der Waals surface area contributed by atoms with Crippen LogP contribution < -0.4 is 5.32 Å². The average molecular weight is 394 g/mol. The first-order valence-electron chi connectivity index (χ1n) is 6.87. The molecule has 21 heavy (non-hydrogen) atoms. The summed E-state index contributed by atoms with van der Waals surface area (Å²) in [6, 6.07) is 17.8. The van der Waals surface area contributed by atoms with E-state index in [1.165, 1.54) is 3.57 Å². The molecule has 0 aliphatic rings. The molecule has 0 radical (unpaired) electrons. The average Bonchev–Trinajstić information content (AvgIpc) is 2.49. The Hall–Kier alpha value is -1.56. The maximum atomic E-state index is 12.4. The predicted molar refractivity (Wildman–Crippen MR) is 95.2 cm³/mol. The Bertz CT molecular complexity index is 583. The van der Waals surface area contributed by atoms with Gasteiger partial charge < -0.3 is 10.2 Å². The van der Waals surface area contributed by atoms with Gasteiger partial charge in [-0.2, -0.15) is 0 Å². The van der Waals surface area contributed by atoms with Crippen molar-refractivity contribution in [2.24, 2.45) is 0 Å². The van der Waals surface area contributed by atoms with Crippen molar-refractivity contribution in [2.75, 3.05) is 12.4 Å². The van der Waals surface area contributed by atoms with Crippen LogP contribution in [0.15, 0.2) is 54.6 Å². The highest BCUT2D eigenvalue weighted by Crippen LogP contribution is 2.13. The number of amides is 1. The Morgan fingerprint density at radius 1 is 1.14 bits per heavy atom. The topological polar surface area (TPSA) is 32.3 Å². The zero-order chi connectivity index (χ0) is 15.2. The fraction of sp³-hybridized carbons (Fsp3) is 0.235. The van der Waals surface area contributed by atoms with Crippen LogP contribution in [-0.4, -0.2) is 23.9 Å². The Morgan fingerprint density at radius 3 is 2.38 bits per heavy atom. The van der Waals surface area contributed by atoms with Crippen molar-refractivity contribution in [3.8, 4) is 0 Å². The molecular formula is C17H19IN2O. The van der Waals surface area contributed by atoms with E-state index in [1.807, 2.05) is 68.6 Å². The van der Waals surface area contributed by atoms with Crippen LogP contribution in [-0.2, 0) is 11.3 Å². The van der Waals surface area contributed by atoms with Gasteiger partial charge in [0, 0.05) is 22.8 Å². The number of nitrogens with one attached hydrogen (secondary N) is 1. The molecule has 0 fully saturated rings. The molecule has 0 saturated carbocycles. The van der Waals surface area contributed by atoms with Crippen LogP contribution in [0.1, 0.15) is 12.5 Å². The lowest BCUT2D eigenvalue weighted by Gasteiger charge is -2.23. The maximum Gasteiger partial charge on any atom is 0.244 e. The van der Waals surface area contributed by atoms with Gasteiger partial charge in [0.15, 0.2) is 0 Å². The number of hydrogen-bond donors (Lipinski definition) is 1. The van der Waals surface area contributed by atoms with Crippen LogP contribution in [0, 0.1) is 3.57 Å². The number of rotatable bonds is 5. The molecule has 4 heteroatoms. The minimum absolute atomic E-state index is 0.0809. The first kappa shape index (κ1) is 15.8. The molecule has 0 aliphatic carbocycles. The summed E-state index contributed by atoms with van der Waals surface area (Å²) in [6.45, 7) is 2.51. The molecule has 2 rings (SSSR count).